The number of ketones is 2. The molecule has 3 nitrogen and oxygen atoms in total. The molecule has 5 rings (SSSR count). The Morgan fingerprint density at radius 1 is 0.882 bits per heavy atom. The van der Waals surface area contributed by atoms with Crippen LogP contribution in [0.4, 0.5) is 0 Å². The van der Waals surface area contributed by atoms with Gasteiger partial charge in [-0.25, -0.2) is 0 Å². The van der Waals surface area contributed by atoms with E-state index in [9.17, 15) is 14.7 Å². The van der Waals surface area contributed by atoms with Gasteiger partial charge in [-0.3, -0.25) is 9.59 Å². The summed E-state index contributed by atoms with van der Waals surface area (Å²) >= 11 is 0. The van der Waals surface area contributed by atoms with Crippen LogP contribution in [-0.4, -0.2) is 22.3 Å². The van der Waals surface area contributed by atoms with Gasteiger partial charge < -0.3 is 5.11 Å². The molecule has 0 saturated heterocycles. The molecule has 0 radical (unpaired) electrons. The third-order valence-corrected chi connectivity index (χ3v) is 10.9. The Morgan fingerprint density at radius 3 is 2.26 bits per heavy atom. The lowest BCUT2D eigenvalue weighted by molar-refractivity contribution is -0.144. The van der Waals surface area contributed by atoms with E-state index < -0.39 is 5.60 Å². The first kappa shape index (κ1) is 23.8. The third kappa shape index (κ3) is 3.78. The van der Waals surface area contributed by atoms with Gasteiger partial charge in [0.1, 0.15) is 11.4 Å². The number of carbonyl (C=O) groups is 2. The zero-order chi connectivity index (χ0) is 24.3. The minimum absolute atomic E-state index is 0.0535. The van der Waals surface area contributed by atoms with Crippen molar-refractivity contribution >= 4 is 11.6 Å². The van der Waals surface area contributed by atoms with Gasteiger partial charge >= 0.3 is 0 Å². The first-order valence-corrected chi connectivity index (χ1v) is 13.4. The minimum Gasteiger partial charge on any atom is -0.378 e. The summed E-state index contributed by atoms with van der Waals surface area (Å²) < 4.78 is 0. The molecule has 4 aliphatic carbocycles. The number of carbonyl (C=O) groups excluding carboxylic acids is 2. The highest BCUT2D eigenvalue weighted by molar-refractivity contribution is 5.94. The Bertz CT molecular complexity index is 1040. The standard InChI is InChI=1S/C31H40O3/c1-20(32)23-7-5-22(6-8-23)13-16-31(34)18-17-29(3)24(19-31)9-10-25-27-12-11-26(21(2)33)30(27,4)15-14-28(25)29/h5-8,24-28,34H,9-12,14-15,17-19H2,1-4H3/t24-,25-,26+,27-,28-,29-,30+,31+/m0/s1. The average Bonchev–Trinajstić information content (AvgIpc) is 3.16. The van der Waals surface area contributed by atoms with E-state index in [1.54, 1.807) is 6.92 Å². The van der Waals surface area contributed by atoms with Gasteiger partial charge in [0.05, 0.1) is 0 Å². The minimum atomic E-state index is -0.924. The Labute approximate surface area is 205 Å². The number of aliphatic hydroxyl groups is 1. The monoisotopic (exact) mass is 460 g/mol. The third-order valence-electron chi connectivity index (χ3n) is 10.9. The summed E-state index contributed by atoms with van der Waals surface area (Å²) in [5.74, 6) is 9.80. The summed E-state index contributed by atoms with van der Waals surface area (Å²) in [5, 5.41) is 11.4. The summed E-state index contributed by atoms with van der Waals surface area (Å²) in [7, 11) is 0. The number of rotatable bonds is 2. The molecule has 182 valence electrons. The smallest absolute Gasteiger partial charge is 0.159 e. The number of benzene rings is 1. The second kappa shape index (κ2) is 8.34. The van der Waals surface area contributed by atoms with Gasteiger partial charge in [0, 0.05) is 17.0 Å². The summed E-state index contributed by atoms with van der Waals surface area (Å²) in [5.41, 5.74) is 1.09. The number of hydrogen-bond acceptors (Lipinski definition) is 3. The molecule has 4 saturated carbocycles. The highest BCUT2D eigenvalue weighted by atomic mass is 16.3. The van der Waals surface area contributed by atoms with Crippen LogP contribution in [0.5, 0.6) is 0 Å². The fraction of sp³-hybridized carbons (Fsp3) is 0.677. The lowest BCUT2D eigenvalue weighted by Gasteiger charge is -2.61. The molecule has 4 fully saturated rings. The molecule has 0 heterocycles. The van der Waals surface area contributed by atoms with Crippen LogP contribution in [0.15, 0.2) is 24.3 Å². The van der Waals surface area contributed by atoms with Crippen molar-refractivity contribution < 1.29 is 14.7 Å². The predicted octanol–water partition coefficient (Wildman–Crippen LogP) is 6.22. The topological polar surface area (TPSA) is 54.4 Å². The van der Waals surface area contributed by atoms with Crippen LogP contribution in [0.1, 0.15) is 101 Å². The van der Waals surface area contributed by atoms with Crippen LogP contribution in [0.25, 0.3) is 0 Å². The van der Waals surface area contributed by atoms with Gasteiger partial charge in [0.2, 0.25) is 0 Å². The van der Waals surface area contributed by atoms with E-state index in [0.717, 1.165) is 37.2 Å². The number of hydrogen-bond donors (Lipinski definition) is 1. The van der Waals surface area contributed by atoms with Crippen molar-refractivity contribution in [2.24, 2.45) is 40.4 Å². The van der Waals surface area contributed by atoms with Crippen LogP contribution in [0, 0.1) is 52.3 Å². The fourth-order valence-electron chi connectivity index (χ4n) is 9.00. The number of fused-ring (bicyclic) bond motifs is 5. The summed E-state index contributed by atoms with van der Waals surface area (Å²) in [6.45, 7) is 8.29. The summed E-state index contributed by atoms with van der Waals surface area (Å²) in [6, 6.07) is 7.37. The maximum Gasteiger partial charge on any atom is 0.159 e. The van der Waals surface area contributed by atoms with E-state index in [-0.39, 0.29) is 22.5 Å². The molecule has 1 aromatic carbocycles. The molecular weight excluding hydrogens is 420 g/mol. The molecule has 0 aliphatic heterocycles. The maximum absolute atomic E-state index is 12.4. The molecular formula is C31H40O3. The molecule has 1 aromatic rings. The Morgan fingerprint density at radius 2 is 1.59 bits per heavy atom. The van der Waals surface area contributed by atoms with Gasteiger partial charge in [-0.15, -0.1) is 0 Å². The second-order valence-electron chi connectivity index (χ2n) is 12.6. The van der Waals surface area contributed by atoms with E-state index in [1.807, 2.05) is 31.2 Å². The molecule has 34 heavy (non-hydrogen) atoms. The first-order valence-electron chi connectivity index (χ1n) is 13.4. The van der Waals surface area contributed by atoms with Crippen molar-refractivity contribution in [1.82, 2.24) is 0 Å². The molecule has 3 heteroatoms. The lowest BCUT2D eigenvalue weighted by atomic mass is 9.44. The van der Waals surface area contributed by atoms with Crippen molar-refractivity contribution in [3.63, 3.8) is 0 Å². The first-order chi connectivity index (χ1) is 16.1. The normalized spacial score (nSPS) is 43.0. The van der Waals surface area contributed by atoms with E-state index in [1.165, 1.54) is 32.1 Å². The van der Waals surface area contributed by atoms with Crippen LogP contribution < -0.4 is 0 Å². The quantitative estimate of drug-likeness (QED) is 0.421. The van der Waals surface area contributed by atoms with E-state index >= 15 is 0 Å². The van der Waals surface area contributed by atoms with E-state index in [2.05, 4.69) is 25.7 Å². The molecule has 0 spiro atoms. The van der Waals surface area contributed by atoms with Crippen molar-refractivity contribution in [3.8, 4) is 11.8 Å². The highest BCUT2D eigenvalue weighted by Crippen LogP contribution is 2.68. The van der Waals surface area contributed by atoms with Gasteiger partial charge in [0.25, 0.3) is 0 Å². The average molecular weight is 461 g/mol. The second-order valence-corrected chi connectivity index (χ2v) is 12.6. The zero-order valence-corrected chi connectivity index (χ0v) is 21.3. The lowest BCUT2D eigenvalue weighted by Crippen LogP contribution is -2.56. The van der Waals surface area contributed by atoms with Gasteiger partial charge in [-0.2, -0.15) is 0 Å². The predicted molar refractivity (Wildman–Crippen MR) is 134 cm³/mol. The molecule has 0 aromatic heterocycles. The van der Waals surface area contributed by atoms with Crippen molar-refractivity contribution in [3.05, 3.63) is 35.4 Å². The molecule has 0 bridgehead atoms. The van der Waals surface area contributed by atoms with E-state index in [4.69, 9.17) is 0 Å². The Balaban J connectivity index is 1.32. The SMILES string of the molecule is CC(=O)c1ccc(C#C[C@@]2(O)CC[C@@]3(C)[C@@H](CC[C@@H]4[C@@H]3CC[C@]3(C)[C@@H](C(C)=O)CC[C@@H]43)C2)cc1. The largest absolute Gasteiger partial charge is 0.378 e. The summed E-state index contributed by atoms with van der Waals surface area (Å²) in [4.78, 5) is 23.9. The van der Waals surface area contributed by atoms with Crippen molar-refractivity contribution in [2.45, 2.75) is 91.1 Å². The molecule has 0 unspecified atom stereocenters. The Kier molecular flexibility index (Phi) is 5.84. The van der Waals surface area contributed by atoms with Gasteiger partial charge in [-0.1, -0.05) is 37.8 Å². The van der Waals surface area contributed by atoms with Crippen LogP contribution in [0.2, 0.25) is 0 Å². The van der Waals surface area contributed by atoms with Crippen molar-refractivity contribution in [1.29, 1.82) is 0 Å². The highest BCUT2D eigenvalue weighted by Gasteiger charge is 2.61. The molecule has 8 atom stereocenters. The molecule has 0 amide bonds. The van der Waals surface area contributed by atoms with Crippen LogP contribution in [0.3, 0.4) is 0 Å². The molecule has 1 N–H and O–H groups in total. The van der Waals surface area contributed by atoms with Gasteiger partial charge in [-0.05, 0) is 118 Å². The molecule has 4 aliphatic rings. The maximum atomic E-state index is 12.4. The van der Waals surface area contributed by atoms with Crippen LogP contribution >= 0.6 is 0 Å². The summed E-state index contributed by atoms with van der Waals surface area (Å²) in [6.07, 6.45) is 9.68. The number of Topliss-reactive ketones (excluding diaryl/α,β-unsaturated/α-hetero) is 2. The van der Waals surface area contributed by atoms with E-state index in [0.29, 0.717) is 29.1 Å². The fourth-order valence-corrected chi connectivity index (χ4v) is 9.00. The van der Waals surface area contributed by atoms with Crippen LogP contribution in [-0.2, 0) is 4.79 Å². The Hall–Kier alpha value is -1.92. The van der Waals surface area contributed by atoms with Gasteiger partial charge in [0.15, 0.2) is 5.78 Å². The zero-order valence-electron chi connectivity index (χ0n) is 21.3. The van der Waals surface area contributed by atoms with Crippen molar-refractivity contribution in [2.75, 3.05) is 0 Å².